The average Bonchev–Trinajstić information content (AvgIpc) is 4.09. The number of fused-ring (bicyclic) bond motifs is 15. The Balaban J connectivity index is 0.933. The van der Waals surface area contributed by atoms with Gasteiger partial charge in [-0.15, -0.1) is 10.2 Å². The standard InChI is InChI=1S/C62H36N4O3/c1-3-15-42-37(13-1)31-53(46-19-7-5-17-44(42)46)65(39-25-28-50-48-21-9-11-23-55(48)67-57(50)33-39)40-27-30-52-59(34-40)69-60-36-61(63-64-62(52)60)66(41-26-29-51-49-22-10-12-24-56(49)68-58(51)35-41)54-32-38-14-2-4-16-43(38)45-18-6-8-20-47(45)54/h1-36H. The summed E-state index contributed by atoms with van der Waals surface area (Å²) < 4.78 is 19.9. The summed E-state index contributed by atoms with van der Waals surface area (Å²) in [6.45, 7) is 0. The van der Waals surface area contributed by atoms with Crippen LogP contribution in [0.2, 0.25) is 0 Å². The van der Waals surface area contributed by atoms with E-state index in [-0.39, 0.29) is 0 Å². The van der Waals surface area contributed by atoms with Crippen LogP contribution in [0.3, 0.4) is 0 Å². The van der Waals surface area contributed by atoms with E-state index in [2.05, 4.69) is 192 Å². The first-order chi connectivity index (χ1) is 34.2. The molecule has 0 radical (unpaired) electrons. The molecule has 0 N–H and O–H groups in total. The van der Waals surface area contributed by atoms with Crippen LogP contribution in [0.1, 0.15) is 0 Å². The molecule has 0 bridgehead atoms. The van der Waals surface area contributed by atoms with Crippen molar-refractivity contribution in [2.45, 2.75) is 0 Å². The van der Waals surface area contributed by atoms with Gasteiger partial charge in [-0.1, -0.05) is 133 Å². The number of para-hydroxylation sites is 2. The van der Waals surface area contributed by atoms with Crippen LogP contribution in [-0.4, -0.2) is 10.2 Å². The molecule has 7 nitrogen and oxygen atoms in total. The highest BCUT2D eigenvalue weighted by atomic mass is 16.3. The maximum atomic E-state index is 6.92. The van der Waals surface area contributed by atoms with Crippen molar-refractivity contribution < 1.29 is 13.3 Å². The summed E-state index contributed by atoms with van der Waals surface area (Å²) in [5, 5.41) is 24.3. The average molecular weight is 885 g/mol. The quantitative estimate of drug-likeness (QED) is 0.154. The molecule has 69 heavy (non-hydrogen) atoms. The van der Waals surface area contributed by atoms with Crippen molar-refractivity contribution in [1.29, 1.82) is 0 Å². The van der Waals surface area contributed by atoms with E-state index < -0.39 is 0 Å². The van der Waals surface area contributed by atoms with Gasteiger partial charge in [-0.3, -0.25) is 4.90 Å². The van der Waals surface area contributed by atoms with Crippen LogP contribution < -0.4 is 9.80 Å². The monoisotopic (exact) mass is 884 g/mol. The van der Waals surface area contributed by atoms with Crippen molar-refractivity contribution in [2.75, 3.05) is 9.80 Å². The normalized spacial score (nSPS) is 12.1. The molecule has 0 saturated heterocycles. The smallest absolute Gasteiger partial charge is 0.164 e. The first-order valence-electron chi connectivity index (χ1n) is 23.1. The lowest BCUT2D eigenvalue weighted by atomic mass is 9.99. The van der Waals surface area contributed by atoms with Gasteiger partial charge in [0, 0.05) is 73.3 Å². The fraction of sp³-hybridized carbons (Fsp3) is 0. The molecule has 4 heterocycles. The predicted molar refractivity (Wildman–Crippen MR) is 283 cm³/mol. The summed E-state index contributed by atoms with van der Waals surface area (Å²) in [6, 6.07) is 76.4. The maximum Gasteiger partial charge on any atom is 0.164 e. The van der Waals surface area contributed by atoms with E-state index >= 15 is 0 Å². The molecule has 0 aliphatic carbocycles. The number of hydrogen-bond donors (Lipinski definition) is 0. The Morgan fingerprint density at radius 3 is 1.20 bits per heavy atom. The molecule has 0 unspecified atom stereocenters. The molecule has 0 amide bonds. The van der Waals surface area contributed by atoms with E-state index in [9.17, 15) is 0 Å². The Morgan fingerprint density at radius 1 is 0.261 bits per heavy atom. The zero-order valence-electron chi connectivity index (χ0n) is 36.8. The zero-order chi connectivity index (χ0) is 45.2. The topological polar surface area (TPSA) is 71.7 Å². The Labute approximate surface area is 393 Å². The van der Waals surface area contributed by atoms with E-state index in [0.717, 1.165) is 105 Å². The molecule has 15 aromatic rings. The van der Waals surface area contributed by atoms with Gasteiger partial charge in [-0.05, 0) is 93.0 Å². The number of rotatable bonds is 6. The SMILES string of the molecule is c1ccc2c(c1)cc(N(c1ccc3c(c1)oc1ccccc13)c1ccc3c(c1)oc1cc(N(c4ccc5c(c4)oc4ccccc45)c4cc5ccccc5c5ccccc45)nnc13)c1ccccc12. The third-order valence-electron chi connectivity index (χ3n) is 13.9. The van der Waals surface area contributed by atoms with Gasteiger partial charge in [0.15, 0.2) is 11.4 Å². The molecule has 0 saturated carbocycles. The van der Waals surface area contributed by atoms with E-state index in [1.807, 2.05) is 36.4 Å². The lowest BCUT2D eigenvalue weighted by Crippen LogP contribution is -2.12. The maximum absolute atomic E-state index is 6.92. The zero-order valence-corrected chi connectivity index (χ0v) is 36.8. The highest BCUT2D eigenvalue weighted by Crippen LogP contribution is 2.47. The minimum atomic E-state index is 0.612. The summed E-state index contributed by atoms with van der Waals surface area (Å²) >= 11 is 0. The van der Waals surface area contributed by atoms with Crippen LogP contribution in [0.15, 0.2) is 232 Å². The predicted octanol–water partition coefficient (Wildman–Crippen LogP) is 17.7. The third kappa shape index (κ3) is 5.74. The Morgan fingerprint density at radius 2 is 0.652 bits per heavy atom. The molecule has 15 rings (SSSR count). The number of furan rings is 3. The van der Waals surface area contributed by atoms with Crippen molar-refractivity contribution >= 4 is 143 Å². The Hall–Kier alpha value is -9.46. The summed E-state index contributed by atoms with van der Waals surface area (Å²) in [5.41, 5.74) is 10.1. The summed E-state index contributed by atoms with van der Waals surface area (Å²) in [6.07, 6.45) is 0. The van der Waals surface area contributed by atoms with Gasteiger partial charge in [-0.25, -0.2) is 0 Å². The second-order valence-corrected chi connectivity index (χ2v) is 17.8. The van der Waals surface area contributed by atoms with Gasteiger partial charge < -0.3 is 18.2 Å². The van der Waals surface area contributed by atoms with Crippen LogP contribution in [-0.2, 0) is 0 Å². The lowest BCUT2D eigenvalue weighted by molar-refractivity contribution is 0.667. The molecule has 0 spiro atoms. The van der Waals surface area contributed by atoms with Gasteiger partial charge in [0.1, 0.15) is 33.4 Å². The summed E-state index contributed by atoms with van der Waals surface area (Å²) in [7, 11) is 0. The Bertz CT molecular complexity index is 4310. The minimum Gasteiger partial charge on any atom is -0.456 e. The molecule has 0 fully saturated rings. The number of anilines is 6. The number of hydrogen-bond acceptors (Lipinski definition) is 7. The highest BCUT2D eigenvalue weighted by molar-refractivity contribution is 6.17. The summed E-state index contributed by atoms with van der Waals surface area (Å²) in [5.74, 6) is 0.612. The second kappa shape index (κ2) is 14.5. The lowest BCUT2D eigenvalue weighted by Gasteiger charge is -2.27. The summed E-state index contributed by atoms with van der Waals surface area (Å²) in [4.78, 5) is 4.49. The molecule has 0 aliphatic rings. The first kappa shape index (κ1) is 37.7. The number of aromatic nitrogens is 2. The van der Waals surface area contributed by atoms with Crippen molar-refractivity contribution in [3.05, 3.63) is 218 Å². The van der Waals surface area contributed by atoms with Crippen LogP contribution in [0, 0.1) is 0 Å². The molecular formula is C62H36N4O3. The highest BCUT2D eigenvalue weighted by Gasteiger charge is 2.24. The molecular weight excluding hydrogens is 849 g/mol. The van der Waals surface area contributed by atoms with Crippen LogP contribution in [0.4, 0.5) is 34.3 Å². The van der Waals surface area contributed by atoms with Crippen molar-refractivity contribution in [1.82, 2.24) is 10.2 Å². The van der Waals surface area contributed by atoms with Crippen molar-refractivity contribution in [2.24, 2.45) is 0 Å². The second-order valence-electron chi connectivity index (χ2n) is 17.8. The molecule has 0 atom stereocenters. The minimum absolute atomic E-state index is 0.612. The van der Waals surface area contributed by atoms with E-state index in [4.69, 9.17) is 23.4 Å². The van der Waals surface area contributed by atoms with Gasteiger partial charge in [0.05, 0.1) is 17.1 Å². The van der Waals surface area contributed by atoms with Gasteiger partial charge >= 0.3 is 0 Å². The van der Waals surface area contributed by atoms with Crippen molar-refractivity contribution in [3.8, 4) is 0 Å². The molecule has 0 aliphatic heterocycles. The van der Waals surface area contributed by atoms with E-state index in [0.29, 0.717) is 22.5 Å². The molecule has 7 heteroatoms. The van der Waals surface area contributed by atoms with Crippen LogP contribution >= 0.6 is 0 Å². The largest absolute Gasteiger partial charge is 0.456 e. The fourth-order valence-corrected chi connectivity index (χ4v) is 10.8. The van der Waals surface area contributed by atoms with Crippen molar-refractivity contribution in [3.63, 3.8) is 0 Å². The van der Waals surface area contributed by atoms with Gasteiger partial charge in [0.25, 0.3) is 0 Å². The van der Waals surface area contributed by atoms with Gasteiger partial charge in [-0.2, -0.15) is 0 Å². The molecule has 11 aromatic carbocycles. The fourth-order valence-electron chi connectivity index (χ4n) is 10.8. The molecule has 4 aromatic heterocycles. The molecule has 322 valence electrons. The first-order valence-corrected chi connectivity index (χ1v) is 23.1. The number of nitrogens with zero attached hydrogens (tertiary/aromatic N) is 4. The Kier molecular flexibility index (Phi) is 7.94. The number of benzene rings is 11. The van der Waals surface area contributed by atoms with Crippen LogP contribution in [0.25, 0.3) is 109 Å². The van der Waals surface area contributed by atoms with Crippen LogP contribution in [0.5, 0.6) is 0 Å². The van der Waals surface area contributed by atoms with E-state index in [1.54, 1.807) is 0 Å². The third-order valence-corrected chi connectivity index (χ3v) is 13.9. The van der Waals surface area contributed by atoms with Gasteiger partial charge in [0.2, 0.25) is 0 Å². The van der Waals surface area contributed by atoms with E-state index in [1.165, 1.54) is 16.2 Å².